The van der Waals surface area contributed by atoms with E-state index in [0.29, 0.717) is 28.0 Å². The smallest absolute Gasteiger partial charge is 0.185 e. The lowest BCUT2D eigenvalue weighted by molar-refractivity contribution is 0.104. The van der Waals surface area contributed by atoms with Crippen LogP contribution < -0.4 is 4.74 Å². The van der Waals surface area contributed by atoms with Crippen molar-refractivity contribution in [2.24, 2.45) is 0 Å². The fourth-order valence-corrected chi connectivity index (χ4v) is 2.65. The summed E-state index contributed by atoms with van der Waals surface area (Å²) in [6, 6.07) is 16.0. The number of halogens is 1. The van der Waals surface area contributed by atoms with Gasteiger partial charge < -0.3 is 4.74 Å². The molecule has 25 heavy (non-hydrogen) atoms. The van der Waals surface area contributed by atoms with E-state index in [0.717, 1.165) is 5.39 Å². The fraction of sp³-hybridized carbons (Fsp3) is 0.0500. The summed E-state index contributed by atoms with van der Waals surface area (Å²) < 4.78 is 5.28. The summed E-state index contributed by atoms with van der Waals surface area (Å²) in [6.45, 7) is 0. The van der Waals surface area contributed by atoms with Crippen molar-refractivity contribution in [1.29, 1.82) is 5.26 Å². The van der Waals surface area contributed by atoms with Gasteiger partial charge in [-0.25, -0.2) is 4.98 Å². The predicted molar refractivity (Wildman–Crippen MR) is 97.8 cm³/mol. The van der Waals surface area contributed by atoms with E-state index in [9.17, 15) is 4.79 Å². The van der Waals surface area contributed by atoms with E-state index in [1.54, 1.807) is 37.5 Å². The van der Waals surface area contributed by atoms with Gasteiger partial charge >= 0.3 is 0 Å². The SMILES string of the molecule is COc1cccc2cc(/C=C/C(=O)c3cccc(C#N)c3)c(Cl)nc12. The number of nitrogens with zero attached hydrogens (tertiary/aromatic N) is 2. The maximum absolute atomic E-state index is 12.3. The van der Waals surface area contributed by atoms with Crippen molar-refractivity contribution in [3.8, 4) is 11.8 Å². The zero-order chi connectivity index (χ0) is 17.8. The van der Waals surface area contributed by atoms with Gasteiger partial charge in [0.2, 0.25) is 0 Å². The summed E-state index contributed by atoms with van der Waals surface area (Å²) in [6.07, 6.45) is 3.04. The number of ketones is 1. The number of carbonyl (C=O) groups is 1. The molecular formula is C20H13ClN2O2. The number of fused-ring (bicyclic) bond motifs is 1. The molecule has 0 saturated heterocycles. The Morgan fingerprint density at radius 2 is 2.04 bits per heavy atom. The number of pyridine rings is 1. The van der Waals surface area contributed by atoms with Crippen LogP contribution in [0.2, 0.25) is 5.15 Å². The summed E-state index contributed by atoms with van der Waals surface area (Å²) in [5.74, 6) is 0.429. The first-order valence-corrected chi connectivity index (χ1v) is 7.86. The molecule has 0 amide bonds. The lowest BCUT2D eigenvalue weighted by Crippen LogP contribution is -1.95. The molecule has 0 atom stereocenters. The molecule has 0 saturated carbocycles. The summed E-state index contributed by atoms with van der Waals surface area (Å²) >= 11 is 6.24. The van der Waals surface area contributed by atoms with Crippen LogP contribution in [0.3, 0.4) is 0 Å². The molecule has 122 valence electrons. The van der Waals surface area contributed by atoms with Crippen molar-refractivity contribution in [2.75, 3.05) is 7.11 Å². The first-order chi connectivity index (χ1) is 12.1. The van der Waals surface area contributed by atoms with Crippen molar-refractivity contribution in [3.05, 3.63) is 76.5 Å². The molecule has 3 rings (SSSR count). The number of hydrogen-bond acceptors (Lipinski definition) is 4. The molecule has 0 aliphatic heterocycles. The van der Waals surface area contributed by atoms with Crippen LogP contribution in [0.4, 0.5) is 0 Å². The van der Waals surface area contributed by atoms with Gasteiger partial charge in [-0.15, -0.1) is 0 Å². The maximum Gasteiger partial charge on any atom is 0.185 e. The summed E-state index contributed by atoms with van der Waals surface area (Å²) in [5.41, 5.74) is 2.19. The molecule has 0 aliphatic carbocycles. The highest BCUT2D eigenvalue weighted by Crippen LogP contribution is 2.28. The minimum atomic E-state index is -0.209. The third kappa shape index (κ3) is 3.52. The van der Waals surface area contributed by atoms with Crippen LogP contribution in [-0.4, -0.2) is 17.9 Å². The molecule has 4 nitrogen and oxygen atoms in total. The maximum atomic E-state index is 12.3. The highest BCUT2D eigenvalue weighted by Gasteiger charge is 2.08. The second-order valence-electron chi connectivity index (χ2n) is 5.29. The Bertz CT molecular complexity index is 1040. The van der Waals surface area contributed by atoms with Gasteiger partial charge in [0.25, 0.3) is 0 Å². The Labute approximate surface area is 149 Å². The molecule has 0 radical (unpaired) electrons. The van der Waals surface area contributed by atoms with Gasteiger partial charge in [0.05, 0.1) is 18.7 Å². The van der Waals surface area contributed by atoms with Crippen LogP contribution >= 0.6 is 11.6 Å². The number of benzene rings is 2. The molecule has 0 spiro atoms. The van der Waals surface area contributed by atoms with E-state index in [1.165, 1.54) is 6.08 Å². The topological polar surface area (TPSA) is 63.0 Å². The zero-order valence-electron chi connectivity index (χ0n) is 13.4. The summed E-state index contributed by atoms with van der Waals surface area (Å²) in [5, 5.41) is 10.1. The van der Waals surface area contributed by atoms with Crippen molar-refractivity contribution < 1.29 is 9.53 Å². The van der Waals surface area contributed by atoms with E-state index in [-0.39, 0.29) is 10.9 Å². The Morgan fingerprint density at radius 1 is 1.24 bits per heavy atom. The van der Waals surface area contributed by atoms with Gasteiger partial charge in [0.1, 0.15) is 16.4 Å². The van der Waals surface area contributed by atoms with Crippen molar-refractivity contribution in [1.82, 2.24) is 4.98 Å². The Kier molecular flexibility index (Phi) is 4.78. The van der Waals surface area contributed by atoms with Gasteiger partial charge in [-0.05, 0) is 36.4 Å². The largest absolute Gasteiger partial charge is 0.494 e. The number of nitriles is 1. The minimum Gasteiger partial charge on any atom is -0.494 e. The molecule has 1 heterocycles. The molecule has 0 N–H and O–H groups in total. The number of allylic oxidation sites excluding steroid dienone is 1. The second-order valence-corrected chi connectivity index (χ2v) is 5.65. The molecule has 2 aromatic carbocycles. The van der Waals surface area contributed by atoms with E-state index >= 15 is 0 Å². The Morgan fingerprint density at radius 3 is 2.80 bits per heavy atom. The highest BCUT2D eigenvalue weighted by atomic mass is 35.5. The average Bonchev–Trinajstić information content (AvgIpc) is 2.65. The van der Waals surface area contributed by atoms with E-state index < -0.39 is 0 Å². The summed E-state index contributed by atoms with van der Waals surface area (Å²) in [7, 11) is 1.58. The lowest BCUT2D eigenvalue weighted by atomic mass is 10.1. The minimum absolute atomic E-state index is 0.209. The van der Waals surface area contributed by atoms with Crippen LogP contribution in [0.5, 0.6) is 5.75 Å². The average molecular weight is 349 g/mol. The van der Waals surface area contributed by atoms with Crippen LogP contribution in [0, 0.1) is 11.3 Å². The van der Waals surface area contributed by atoms with E-state index in [1.807, 2.05) is 30.3 Å². The standard InChI is InChI=1S/C20H13ClN2O2/c1-25-18-7-3-6-15-11-16(20(21)23-19(15)18)8-9-17(24)14-5-2-4-13(10-14)12-22/h2-11H,1H3/b9-8+. The van der Waals surface area contributed by atoms with E-state index in [2.05, 4.69) is 4.98 Å². The molecule has 0 fully saturated rings. The second kappa shape index (κ2) is 7.16. The van der Waals surface area contributed by atoms with Gasteiger partial charge in [0.15, 0.2) is 5.78 Å². The number of para-hydroxylation sites is 1. The highest BCUT2D eigenvalue weighted by molar-refractivity contribution is 6.31. The first kappa shape index (κ1) is 16.7. The number of rotatable bonds is 4. The van der Waals surface area contributed by atoms with E-state index in [4.69, 9.17) is 21.6 Å². The van der Waals surface area contributed by atoms with Crippen molar-refractivity contribution >= 4 is 34.4 Å². The molecule has 0 unspecified atom stereocenters. The zero-order valence-corrected chi connectivity index (χ0v) is 14.1. The van der Waals surface area contributed by atoms with Crippen molar-refractivity contribution in [3.63, 3.8) is 0 Å². The van der Waals surface area contributed by atoms with Crippen LogP contribution in [0.25, 0.3) is 17.0 Å². The number of methoxy groups -OCH3 is 1. The summed E-state index contributed by atoms with van der Waals surface area (Å²) in [4.78, 5) is 16.6. The molecule has 3 aromatic rings. The third-order valence-electron chi connectivity index (χ3n) is 3.70. The first-order valence-electron chi connectivity index (χ1n) is 7.48. The normalized spacial score (nSPS) is 10.8. The molecule has 5 heteroatoms. The molecule has 1 aromatic heterocycles. The predicted octanol–water partition coefficient (Wildman–Crippen LogP) is 4.66. The van der Waals surface area contributed by atoms with Crippen LogP contribution in [0.15, 0.2) is 54.6 Å². The number of carbonyl (C=O) groups excluding carboxylic acids is 1. The van der Waals surface area contributed by atoms with Crippen LogP contribution in [-0.2, 0) is 0 Å². The van der Waals surface area contributed by atoms with Gasteiger partial charge in [0, 0.05) is 16.5 Å². The molecule has 0 bridgehead atoms. The van der Waals surface area contributed by atoms with Gasteiger partial charge in [-0.1, -0.05) is 35.9 Å². The Hall–Kier alpha value is -3.16. The lowest BCUT2D eigenvalue weighted by Gasteiger charge is -2.06. The van der Waals surface area contributed by atoms with Crippen LogP contribution in [0.1, 0.15) is 21.5 Å². The number of ether oxygens (including phenoxy) is 1. The van der Waals surface area contributed by atoms with Gasteiger partial charge in [-0.3, -0.25) is 4.79 Å². The molecule has 0 aliphatic rings. The monoisotopic (exact) mass is 348 g/mol. The number of aromatic nitrogens is 1. The molecular weight excluding hydrogens is 336 g/mol. The van der Waals surface area contributed by atoms with Crippen molar-refractivity contribution in [2.45, 2.75) is 0 Å². The quantitative estimate of drug-likeness (QED) is 0.390. The third-order valence-corrected chi connectivity index (χ3v) is 4.00. The van der Waals surface area contributed by atoms with Gasteiger partial charge in [-0.2, -0.15) is 5.26 Å². The Balaban J connectivity index is 1.94. The fourth-order valence-electron chi connectivity index (χ4n) is 2.45. The number of hydrogen-bond donors (Lipinski definition) is 0.